The molecule has 1 rings (SSSR count). The molecule has 118 valence electrons. The lowest BCUT2D eigenvalue weighted by Crippen LogP contribution is -2.47. The van der Waals surface area contributed by atoms with Crippen LogP contribution in [0, 0.1) is 0 Å². The van der Waals surface area contributed by atoms with Crippen molar-refractivity contribution in [3.63, 3.8) is 0 Å². The van der Waals surface area contributed by atoms with Crippen LogP contribution in [0.4, 0.5) is 0 Å². The quantitative estimate of drug-likeness (QED) is 0.777. The minimum Gasteiger partial charge on any atom is -0.497 e. The Hall–Kier alpha value is -1.79. The van der Waals surface area contributed by atoms with Gasteiger partial charge < -0.3 is 24.8 Å². The van der Waals surface area contributed by atoms with Gasteiger partial charge in [0.15, 0.2) is 0 Å². The van der Waals surface area contributed by atoms with Crippen molar-refractivity contribution in [3.05, 3.63) is 23.8 Å². The second-order valence-electron chi connectivity index (χ2n) is 5.52. The molecule has 0 aromatic heterocycles. The molecule has 0 spiro atoms. The maximum Gasteiger partial charge on any atom is 0.251 e. The summed E-state index contributed by atoms with van der Waals surface area (Å²) in [6.45, 7) is 2.29. The lowest BCUT2D eigenvalue weighted by molar-refractivity contribution is 0.0326. The van der Waals surface area contributed by atoms with Gasteiger partial charge in [-0.15, -0.1) is 0 Å². The molecule has 0 saturated carbocycles. The Kier molecular flexibility index (Phi) is 5.99. The molecule has 0 aliphatic carbocycles. The Morgan fingerprint density at radius 1 is 1.24 bits per heavy atom. The van der Waals surface area contributed by atoms with Crippen LogP contribution in [0.3, 0.4) is 0 Å². The fourth-order valence-electron chi connectivity index (χ4n) is 2.05. The largest absolute Gasteiger partial charge is 0.497 e. The number of carbonyl (C=O) groups is 1. The SMILES string of the molecule is COc1cc(OC)cc(C(=O)NCC(C)(O)CN(C)C)c1. The van der Waals surface area contributed by atoms with Crippen molar-refractivity contribution in [2.45, 2.75) is 12.5 Å². The van der Waals surface area contributed by atoms with E-state index in [2.05, 4.69) is 5.32 Å². The lowest BCUT2D eigenvalue weighted by atomic mass is 10.1. The van der Waals surface area contributed by atoms with E-state index in [0.717, 1.165) is 0 Å². The fourth-order valence-corrected chi connectivity index (χ4v) is 2.05. The number of hydrogen-bond donors (Lipinski definition) is 2. The zero-order valence-electron chi connectivity index (χ0n) is 13.3. The fraction of sp³-hybridized carbons (Fsp3) is 0.533. The first-order valence-electron chi connectivity index (χ1n) is 6.66. The molecule has 0 aliphatic rings. The van der Waals surface area contributed by atoms with Crippen molar-refractivity contribution in [1.82, 2.24) is 10.2 Å². The average Bonchev–Trinajstić information content (AvgIpc) is 2.42. The summed E-state index contributed by atoms with van der Waals surface area (Å²) in [5.74, 6) is 0.797. The second kappa shape index (κ2) is 7.28. The van der Waals surface area contributed by atoms with E-state index >= 15 is 0 Å². The molecule has 0 radical (unpaired) electrons. The van der Waals surface area contributed by atoms with Crippen molar-refractivity contribution in [1.29, 1.82) is 0 Å². The number of carbonyl (C=O) groups excluding carboxylic acids is 1. The highest BCUT2D eigenvalue weighted by atomic mass is 16.5. The van der Waals surface area contributed by atoms with E-state index in [4.69, 9.17) is 9.47 Å². The van der Waals surface area contributed by atoms with Gasteiger partial charge in [0.05, 0.1) is 19.8 Å². The van der Waals surface area contributed by atoms with Gasteiger partial charge >= 0.3 is 0 Å². The maximum absolute atomic E-state index is 12.2. The molecule has 0 saturated heterocycles. The molecule has 1 unspecified atom stereocenters. The molecule has 6 heteroatoms. The summed E-state index contributed by atoms with van der Waals surface area (Å²) in [7, 11) is 6.78. The number of aliphatic hydroxyl groups is 1. The molecule has 0 bridgehead atoms. The van der Waals surface area contributed by atoms with Crippen LogP contribution < -0.4 is 14.8 Å². The van der Waals surface area contributed by atoms with Gasteiger partial charge in [-0.05, 0) is 33.2 Å². The van der Waals surface area contributed by atoms with E-state index in [1.165, 1.54) is 14.2 Å². The number of hydrogen-bond acceptors (Lipinski definition) is 5. The third kappa shape index (κ3) is 5.61. The van der Waals surface area contributed by atoms with Gasteiger partial charge in [-0.3, -0.25) is 4.79 Å². The van der Waals surface area contributed by atoms with Gasteiger partial charge in [-0.1, -0.05) is 0 Å². The lowest BCUT2D eigenvalue weighted by Gasteiger charge is -2.27. The average molecular weight is 296 g/mol. The molecule has 1 atom stereocenters. The van der Waals surface area contributed by atoms with E-state index in [0.29, 0.717) is 23.6 Å². The molecule has 1 aromatic rings. The maximum atomic E-state index is 12.2. The minimum absolute atomic E-state index is 0.156. The minimum atomic E-state index is -0.998. The number of methoxy groups -OCH3 is 2. The van der Waals surface area contributed by atoms with Crippen molar-refractivity contribution >= 4 is 5.91 Å². The zero-order chi connectivity index (χ0) is 16.0. The topological polar surface area (TPSA) is 71.0 Å². The Morgan fingerprint density at radius 3 is 2.19 bits per heavy atom. The molecule has 21 heavy (non-hydrogen) atoms. The molecule has 2 N–H and O–H groups in total. The third-order valence-electron chi connectivity index (χ3n) is 2.90. The van der Waals surface area contributed by atoms with E-state index in [-0.39, 0.29) is 12.5 Å². The van der Waals surface area contributed by atoms with Crippen LogP contribution in [-0.2, 0) is 0 Å². The van der Waals surface area contributed by atoms with Crippen LogP contribution in [-0.4, -0.2) is 62.9 Å². The first-order chi connectivity index (χ1) is 9.77. The zero-order valence-corrected chi connectivity index (χ0v) is 13.3. The summed E-state index contributed by atoms with van der Waals surface area (Å²) in [6, 6.07) is 4.94. The summed E-state index contributed by atoms with van der Waals surface area (Å²) in [5, 5.41) is 12.9. The normalized spacial score (nSPS) is 13.7. The Morgan fingerprint density at radius 2 is 1.76 bits per heavy atom. The van der Waals surface area contributed by atoms with Gasteiger partial charge in [0.25, 0.3) is 5.91 Å². The smallest absolute Gasteiger partial charge is 0.251 e. The Balaban J connectivity index is 2.75. The monoisotopic (exact) mass is 296 g/mol. The molecule has 0 aliphatic heterocycles. The van der Waals surface area contributed by atoms with E-state index in [1.54, 1.807) is 25.1 Å². The summed E-state index contributed by atoms with van der Waals surface area (Å²) in [6.07, 6.45) is 0. The van der Waals surface area contributed by atoms with Gasteiger partial charge in [0.1, 0.15) is 11.5 Å². The van der Waals surface area contributed by atoms with E-state index in [9.17, 15) is 9.90 Å². The standard InChI is InChI=1S/C15H24N2O4/c1-15(19,10-17(2)3)9-16-14(18)11-6-12(20-4)8-13(7-11)21-5/h6-8,19H,9-10H2,1-5H3,(H,16,18). The molecular formula is C15H24N2O4. The Labute approximate surface area is 125 Å². The molecule has 1 aromatic carbocycles. The molecule has 0 heterocycles. The number of rotatable bonds is 7. The predicted molar refractivity (Wildman–Crippen MR) is 81.1 cm³/mol. The van der Waals surface area contributed by atoms with Crippen LogP contribution in [0.25, 0.3) is 0 Å². The van der Waals surface area contributed by atoms with Crippen molar-refractivity contribution < 1.29 is 19.4 Å². The third-order valence-corrected chi connectivity index (χ3v) is 2.90. The predicted octanol–water partition coefficient (Wildman–Crippen LogP) is 0.746. The first-order valence-corrected chi connectivity index (χ1v) is 6.66. The van der Waals surface area contributed by atoms with Crippen LogP contribution in [0.15, 0.2) is 18.2 Å². The number of likely N-dealkylation sites (N-methyl/N-ethyl adjacent to an activating group) is 1. The van der Waals surface area contributed by atoms with Crippen molar-refractivity contribution in [2.24, 2.45) is 0 Å². The van der Waals surface area contributed by atoms with E-state index < -0.39 is 5.60 Å². The number of nitrogens with zero attached hydrogens (tertiary/aromatic N) is 1. The highest BCUT2D eigenvalue weighted by Crippen LogP contribution is 2.22. The van der Waals surface area contributed by atoms with Crippen LogP contribution >= 0.6 is 0 Å². The summed E-state index contributed by atoms with van der Waals surface area (Å²) < 4.78 is 10.3. The van der Waals surface area contributed by atoms with Crippen LogP contribution in [0.5, 0.6) is 11.5 Å². The molecule has 0 fully saturated rings. The summed E-state index contributed by atoms with van der Waals surface area (Å²) >= 11 is 0. The first kappa shape index (κ1) is 17.3. The number of ether oxygens (including phenoxy) is 2. The summed E-state index contributed by atoms with van der Waals surface area (Å²) in [5.41, 5.74) is -0.575. The van der Waals surface area contributed by atoms with Crippen LogP contribution in [0.2, 0.25) is 0 Å². The second-order valence-corrected chi connectivity index (χ2v) is 5.52. The van der Waals surface area contributed by atoms with Gasteiger partial charge in [-0.2, -0.15) is 0 Å². The van der Waals surface area contributed by atoms with E-state index in [1.807, 2.05) is 19.0 Å². The van der Waals surface area contributed by atoms with Gasteiger partial charge in [-0.25, -0.2) is 0 Å². The van der Waals surface area contributed by atoms with Crippen molar-refractivity contribution in [2.75, 3.05) is 41.4 Å². The van der Waals surface area contributed by atoms with Gasteiger partial charge in [0.2, 0.25) is 0 Å². The number of amides is 1. The highest BCUT2D eigenvalue weighted by Gasteiger charge is 2.22. The van der Waals surface area contributed by atoms with Crippen LogP contribution in [0.1, 0.15) is 17.3 Å². The van der Waals surface area contributed by atoms with Crippen molar-refractivity contribution in [3.8, 4) is 11.5 Å². The highest BCUT2D eigenvalue weighted by molar-refractivity contribution is 5.95. The van der Waals surface area contributed by atoms with Gasteiger partial charge in [0, 0.05) is 24.7 Å². The molecule has 1 amide bonds. The molecular weight excluding hydrogens is 272 g/mol. The Bertz CT molecular complexity index is 464. The molecule has 6 nitrogen and oxygen atoms in total. The number of benzene rings is 1. The summed E-state index contributed by atoms with van der Waals surface area (Å²) in [4.78, 5) is 14.0. The number of nitrogens with one attached hydrogen (secondary N) is 1.